The molecule has 0 fully saturated rings. The lowest BCUT2D eigenvalue weighted by atomic mass is 10.1. The van der Waals surface area contributed by atoms with E-state index in [0.29, 0.717) is 11.1 Å². The molecule has 0 N–H and O–H groups in total. The molecule has 0 aliphatic carbocycles. The smallest absolute Gasteiger partial charge is 0.339 e. The highest BCUT2D eigenvalue weighted by Gasteiger charge is 2.23. The molecule has 0 amide bonds. The first kappa shape index (κ1) is 16.0. The monoisotopic (exact) mass is 320 g/mol. The van der Waals surface area contributed by atoms with Crippen LogP contribution in [0.5, 0.6) is 5.75 Å². The summed E-state index contributed by atoms with van der Waals surface area (Å²) in [6.07, 6.45) is 0. The van der Waals surface area contributed by atoms with Gasteiger partial charge in [0, 0.05) is 0 Å². The standard InChI is InChI=1S/C16H16O5S/c1-11-7-4-5-9-14(11)21-22(18,19)15-10-6-8-13(12(15)2)16(17)20-3/h4-10H,1-3H3. The Balaban J connectivity index is 2.47. The number of methoxy groups -OCH3 is 1. The molecule has 0 saturated carbocycles. The van der Waals surface area contributed by atoms with Crippen molar-refractivity contribution in [3.8, 4) is 5.75 Å². The molecule has 0 aliphatic heterocycles. The predicted octanol–water partition coefficient (Wildman–Crippen LogP) is 2.86. The topological polar surface area (TPSA) is 69.7 Å². The molecule has 0 bridgehead atoms. The van der Waals surface area contributed by atoms with Crippen LogP contribution in [-0.2, 0) is 14.9 Å². The van der Waals surface area contributed by atoms with Gasteiger partial charge in [0.05, 0.1) is 12.7 Å². The van der Waals surface area contributed by atoms with E-state index in [2.05, 4.69) is 4.74 Å². The molecule has 2 aromatic rings. The molecule has 0 heterocycles. The van der Waals surface area contributed by atoms with E-state index < -0.39 is 16.1 Å². The minimum Gasteiger partial charge on any atom is -0.465 e. The summed E-state index contributed by atoms with van der Waals surface area (Å²) in [4.78, 5) is 11.6. The van der Waals surface area contributed by atoms with Crippen molar-refractivity contribution in [3.63, 3.8) is 0 Å². The Kier molecular flexibility index (Phi) is 4.51. The van der Waals surface area contributed by atoms with Crippen molar-refractivity contribution in [2.24, 2.45) is 0 Å². The number of carbonyl (C=O) groups is 1. The van der Waals surface area contributed by atoms with Gasteiger partial charge in [-0.15, -0.1) is 0 Å². The third-order valence-electron chi connectivity index (χ3n) is 3.25. The van der Waals surface area contributed by atoms with Crippen molar-refractivity contribution in [2.75, 3.05) is 7.11 Å². The highest BCUT2D eigenvalue weighted by molar-refractivity contribution is 7.87. The van der Waals surface area contributed by atoms with Crippen molar-refractivity contribution in [2.45, 2.75) is 18.7 Å². The second-order valence-corrected chi connectivity index (χ2v) is 6.24. The van der Waals surface area contributed by atoms with Crippen LogP contribution in [0.1, 0.15) is 21.5 Å². The van der Waals surface area contributed by atoms with E-state index >= 15 is 0 Å². The van der Waals surface area contributed by atoms with Gasteiger partial charge in [-0.3, -0.25) is 0 Å². The van der Waals surface area contributed by atoms with Crippen molar-refractivity contribution in [1.82, 2.24) is 0 Å². The molecular weight excluding hydrogens is 304 g/mol. The maximum Gasteiger partial charge on any atom is 0.339 e. The molecule has 2 rings (SSSR count). The van der Waals surface area contributed by atoms with Crippen LogP contribution in [0.15, 0.2) is 47.4 Å². The molecule has 116 valence electrons. The van der Waals surface area contributed by atoms with E-state index in [1.165, 1.54) is 25.3 Å². The zero-order valence-corrected chi connectivity index (χ0v) is 13.3. The summed E-state index contributed by atoms with van der Waals surface area (Å²) in [5.74, 6) is -0.337. The van der Waals surface area contributed by atoms with Crippen LogP contribution in [0.3, 0.4) is 0 Å². The molecule has 0 radical (unpaired) electrons. The maximum atomic E-state index is 12.5. The first-order chi connectivity index (χ1) is 10.4. The minimum absolute atomic E-state index is 0.0568. The highest BCUT2D eigenvalue weighted by Crippen LogP contribution is 2.25. The summed E-state index contributed by atoms with van der Waals surface area (Å²) in [6.45, 7) is 3.29. The van der Waals surface area contributed by atoms with Crippen LogP contribution in [0.2, 0.25) is 0 Å². The quantitative estimate of drug-likeness (QED) is 0.640. The minimum atomic E-state index is -4.04. The number of hydrogen-bond donors (Lipinski definition) is 0. The number of esters is 1. The van der Waals surface area contributed by atoms with E-state index in [9.17, 15) is 13.2 Å². The van der Waals surface area contributed by atoms with Gasteiger partial charge in [0.25, 0.3) is 0 Å². The fourth-order valence-electron chi connectivity index (χ4n) is 2.03. The number of hydrogen-bond acceptors (Lipinski definition) is 5. The second-order valence-electron chi connectivity index (χ2n) is 4.72. The Morgan fingerprint density at radius 1 is 1.00 bits per heavy atom. The maximum absolute atomic E-state index is 12.5. The summed E-state index contributed by atoms with van der Waals surface area (Å²) in [5, 5.41) is 0. The molecule has 0 spiro atoms. The Morgan fingerprint density at radius 3 is 2.32 bits per heavy atom. The molecule has 0 saturated heterocycles. The summed E-state index contributed by atoms with van der Waals surface area (Å²) in [5.41, 5.74) is 1.19. The summed E-state index contributed by atoms with van der Waals surface area (Å²) >= 11 is 0. The van der Waals surface area contributed by atoms with Crippen LogP contribution in [0.4, 0.5) is 0 Å². The van der Waals surface area contributed by atoms with Gasteiger partial charge >= 0.3 is 16.1 Å². The van der Waals surface area contributed by atoms with Gasteiger partial charge < -0.3 is 8.92 Å². The lowest BCUT2D eigenvalue weighted by Crippen LogP contribution is -2.14. The molecule has 0 atom stereocenters. The number of aryl methyl sites for hydroxylation is 1. The molecule has 6 heteroatoms. The summed E-state index contributed by atoms with van der Waals surface area (Å²) in [7, 11) is -2.80. The normalized spacial score (nSPS) is 11.0. The first-order valence-electron chi connectivity index (χ1n) is 6.55. The highest BCUT2D eigenvalue weighted by atomic mass is 32.2. The molecule has 0 aromatic heterocycles. The Morgan fingerprint density at radius 2 is 1.68 bits per heavy atom. The van der Waals surface area contributed by atoms with Crippen LogP contribution in [0.25, 0.3) is 0 Å². The SMILES string of the molecule is COC(=O)c1cccc(S(=O)(=O)Oc2ccccc2C)c1C. The molecule has 5 nitrogen and oxygen atoms in total. The molecule has 0 unspecified atom stereocenters. The zero-order chi connectivity index (χ0) is 16.3. The number of para-hydroxylation sites is 1. The van der Waals surface area contributed by atoms with Crippen molar-refractivity contribution < 1.29 is 22.1 Å². The Hall–Kier alpha value is -2.34. The Bertz CT molecular complexity index is 809. The molecule has 0 aliphatic rings. The van der Waals surface area contributed by atoms with Crippen molar-refractivity contribution in [1.29, 1.82) is 0 Å². The lowest BCUT2D eigenvalue weighted by Gasteiger charge is -2.12. The van der Waals surface area contributed by atoms with E-state index in [1.807, 2.05) is 0 Å². The third kappa shape index (κ3) is 3.12. The predicted molar refractivity (Wildman–Crippen MR) is 81.5 cm³/mol. The number of ether oxygens (including phenoxy) is 1. The van der Waals surface area contributed by atoms with E-state index in [1.54, 1.807) is 38.1 Å². The number of benzene rings is 2. The van der Waals surface area contributed by atoms with Crippen molar-refractivity contribution >= 4 is 16.1 Å². The third-order valence-corrected chi connectivity index (χ3v) is 4.63. The number of rotatable bonds is 4. The average molecular weight is 320 g/mol. The van der Waals surface area contributed by atoms with Gasteiger partial charge in [0.2, 0.25) is 0 Å². The van der Waals surface area contributed by atoms with Crippen LogP contribution in [0, 0.1) is 13.8 Å². The van der Waals surface area contributed by atoms with Gasteiger partial charge in [-0.1, -0.05) is 24.3 Å². The van der Waals surface area contributed by atoms with Gasteiger partial charge in [-0.05, 0) is 43.2 Å². The fourth-order valence-corrected chi connectivity index (χ4v) is 3.27. The van der Waals surface area contributed by atoms with E-state index in [0.717, 1.165) is 0 Å². The molecular formula is C16H16O5S. The second kappa shape index (κ2) is 6.19. The van der Waals surface area contributed by atoms with Crippen LogP contribution < -0.4 is 4.18 Å². The lowest BCUT2D eigenvalue weighted by molar-refractivity contribution is 0.0599. The molecule has 22 heavy (non-hydrogen) atoms. The fraction of sp³-hybridized carbons (Fsp3) is 0.188. The van der Waals surface area contributed by atoms with Gasteiger partial charge in [-0.25, -0.2) is 4.79 Å². The summed E-state index contributed by atoms with van der Waals surface area (Å²) in [6, 6.07) is 11.2. The van der Waals surface area contributed by atoms with Gasteiger partial charge in [0.15, 0.2) is 0 Å². The largest absolute Gasteiger partial charge is 0.465 e. The first-order valence-corrected chi connectivity index (χ1v) is 7.95. The van der Waals surface area contributed by atoms with Crippen LogP contribution >= 0.6 is 0 Å². The summed E-state index contributed by atoms with van der Waals surface area (Å²) < 4.78 is 34.8. The van der Waals surface area contributed by atoms with Gasteiger partial charge in [0.1, 0.15) is 10.6 Å². The zero-order valence-electron chi connectivity index (χ0n) is 12.5. The van der Waals surface area contributed by atoms with E-state index in [4.69, 9.17) is 4.18 Å². The Labute approximate surface area is 129 Å². The molecule has 2 aromatic carbocycles. The van der Waals surface area contributed by atoms with E-state index in [-0.39, 0.29) is 16.2 Å². The van der Waals surface area contributed by atoms with Crippen LogP contribution in [-0.4, -0.2) is 21.5 Å². The average Bonchev–Trinajstić information content (AvgIpc) is 2.48. The number of carbonyl (C=O) groups excluding carboxylic acids is 1. The van der Waals surface area contributed by atoms with Gasteiger partial charge in [-0.2, -0.15) is 8.42 Å². The van der Waals surface area contributed by atoms with Crippen molar-refractivity contribution in [3.05, 3.63) is 59.2 Å².